The zero-order chi connectivity index (χ0) is 60.2. The fourth-order valence-electron chi connectivity index (χ4n) is 7.59. The van der Waals surface area contributed by atoms with Crippen molar-refractivity contribution in [1.82, 2.24) is 0 Å². The molecule has 0 aromatic heterocycles. The first-order valence-corrected chi connectivity index (χ1v) is 45.5. The molecule has 0 aliphatic heterocycles. The maximum atomic E-state index is 9.92. The predicted molar refractivity (Wildman–Crippen MR) is 318 cm³/mol. The maximum absolute atomic E-state index is 9.92. The van der Waals surface area contributed by atoms with Crippen LogP contribution < -0.4 is 14.1 Å². The molecule has 0 nitrogen and oxygen atoms in total. The van der Waals surface area contributed by atoms with Gasteiger partial charge in [-0.1, -0.05) is 169 Å². The standard InChI is InChI=1S/C36H30S3.C24H19S2.18FH.3Sb.2H/c1-5-17-31(18-6-1)38(32-19-7-2-8-20-32)35-25-13-15-29(27-35)37-30-16-14-26-36(28-30)39(33-21-9-3-10-22-33)34-23-11-4-12-24-34;1-4-11-20(12-5-1)25-21-13-10-18-24(19-21)26(22-14-6-2-7-15-22)23-16-8-3-9-17-23;;;;;;;;;;;;;;;;;;;;;;;/h1-23,25-28,34H,24H2;1-19H;18*1H;;;;;/q+2;+1;;;;;;;;;;;;;;;;;;;2*+4;+5;;/p-18. The molecule has 0 saturated heterocycles. The summed E-state index contributed by atoms with van der Waals surface area (Å²) in [5.41, 5.74) is 0. The zero-order valence-electron chi connectivity index (χ0n) is 44.1. The summed E-state index contributed by atoms with van der Waals surface area (Å²) in [7, 11) is -0.263. The Morgan fingerprint density at radius 2 is 0.558 bits per heavy atom. The van der Waals surface area contributed by atoms with E-state index in [1.54, 1.807) is 0 Å². The van der Waals surface area contributed by atoms with E-state index in [0.717, 1.165) is 6.42 Å². The zero-order valence-corrected chi connectivity index (χ0v) is 56.5. The van der Waals surface area contributed by atoms with Crippen LogP contribution in [-0.2, 0) is 32.7 Å². The van der Waals surface area contributed by atoms with Gasteiger partial charge in [-0.25, -0.2) is 0 Å². The third-order valence-corrected chi connectivity index (χ3v) is 19.4. The van der Waals surface area contributed by atoms with Gasteiger partial charge in [-0.3, -0.25) is 0 Å². The molecular formula is C60H51F18S5Sb3-2. The first-order chi connectivity index (χ1) is 39.0. The van der Waals surface area contributed by atoms with Gasteiger partial charge in [0.05, 0.1) is 32.7 Å². The van der Waals surface area contributed by atoms with Crippen molar-refractivity contribution < 1.29 is 56.3 Å². The summed E-state index contributed by atoms with van der Waals surface area (Å²) >= 11 is -24.0. The van der Waals surface area contributed by atoms with Gasteiger partial charge in [0.15, 0.2) is 44.4 Å². The first-order valence-electron chi connectivity index (χ1n) is 24.5. The van der Waals surface area contributed by atoms with E-state index in [2.05, 4.69) is 279 Å². The second-order valence-electron chi connectivity index (χ2n) is 17.1. The van der Waals surface area contributed by atoms with Gasteiger partial charge in [0.2, 0.25) is 0 Å². The van der Waals surface area contributed by atoms with Crippen LogP contribution in [0.4, 0.5) is 42.2 Å². The smallest absolute Gasteiger partial charge is 0.0899 e. The van der Waals surface area contributed by atoms with Crippen molar-refractivity contribution in [3.05, 3.63) is 279 Å². The molecule has 1 aliphatic rings. The summed E-state index contributed by atoms with van der Waals surface area (Å²) in [4.78, 5) is 16.0. The van der Waals surface area contributed by atoms with Crippen LogP contribution in [0, 0.1) is 0 Å². The van der Waals surface area contributed by atoms with Crippen LogP contribution in [0.25, 0.3) is 0 Å². The van der Waals surface area contributed by atoms with E-state index < -0.39 is 60.9 Å². The molecule has 2 unspecified atom stereocenters. The van der Waals surface area contributed by atoms with E-state index in [-0.39, 0.29) is 46.8 Å². The molecule has 0 amide bonds. The Morgan fingerprint density at radius 1 is 0.314 bits per heavy atom. The Balaban J connectivity index is 0.000000354. The topological polar surface area (TPSA) is 0 Å². The minimum atomic E-state index is -9.26. The van der Waals surface area contributed by atoms with Gasteiger partial charge < -0.3 is 14.1 Å². The molecule has 0 radical (unpaired) electrons. The van der Waals surface area contributed by atoms with E-state index in [9.17, 15) is 42.2 Å². The third-order valence-electron chi connectivity index (χ3n) is 10.5. The second kappa shape index (κ2) is 33.8. The molecule has 0 N–H and O–H groups in total. The molecule has 0 saturated carbocycles. The van der Waals surface area contributed by atoms with E-state index in [1.165, 1.54) is 58.7 Å². The number of rotatable bonds is 13. The van der Waals surface area contributed by atoms with Gasteiger partial charge in [-0.05, 0) is 115 Å². The van der Waals surface area contributed by atoms with Crippen molar-refractivity contribution >= 4 is 117 Å². The summed E-state index contributed by atoms with van der Waals surface area (Å²) in [6, 6.07) is 92.2. The molecule has 2 atom stereocenters. The monoisotopic (exact) mass is 1640 g/mol. The van der Waals surface area contributed by atoms with Crippen molar-refractivity contribution in [2.75, 3.05) is 0 Å². The summed E-state index contributed by atoms with van der Waals surface area (Å²) in [5.74, 6) is 0. The number of allylic oxidation sites excluding steroid dienone is 3. The summed E-state index contributed by atoms with van der Waals surface area (Å²) in [6.07, 6.45) is 10.1. The van der Waals surface area contributed by atoms with Crippen LogP contribution in [0.2, 0.25) is 0 Å². The summed E-state index contributed by atoms with van der Waals surface area (Å²) in [5, 5.41) is 0.486. The molecule has 26 heteroatoms. The quantitative estimate of drug-likeness (QED) is 0.0641. The Morgan fingerprint density at radius 3 is 0.860 bits per heavy atom. The van der Waals surface area contributed by atoms with Crippen LogP contribution in [0.3, 0.4) is 0 Å². The van der Waals surface area contributed by atoms with Crippen LogP contribution in [0.15, 0.2) is 338 Å². The molecule has 0 bridgehead atoms. The SMILES string of the molecule is C1=CCC([S+](c2ccccc2)c2cccc(Sc3cccc([S+](c4ccccc4)c4ccccc4)c3)c2)C=C1.[F-].[F-].[F-].[F][SbH-]([F])([F])([F])[F].[F][SbH-]([F])([F])([F])[F].[F][Sb]([F])([F])([F])[F].c1ccc(Sc2cccc([S+](c3ccccc3)c3ccccc3)c2)cc1. The molecule has 9 aromatic rings. The predicted octanol–water partition coefficient (Wildman–Crippen LogP) is 12.4. The van der Waals surface area contributed by atoms with Gasteiger partial charge in [-0.15, -0.1) is 0 Å². The Kier molecular flexibility index (Phi) is 29.8. The van der Waals surface area contributed by atoms with Crippen LogP contribution in [0.5, 0.6) is 0 Å². The molecule has 9 aromatic carbocycles. The minimum Gasteiger partial charge on any atom is -0.0899 e. The van der Waals surface area contributed by atoms with Crippen LogP contribution in [0.1, 0.15) is 6.42 Å². The molecule has 0 fully saturated rings. The van der Waals surface area contributed by atoms with Crippen LogP contribution >= 0.6 is 23.5 Å². The number of hydrogen-bond donors (Lipinski definition) is 0. The maximum Gasteiger partial charge on any atom is 0.167 e. The summed E-state index contributed by atoms with van der Waals surface area (Å²) in [6.45, 7) is 0. The van der Waals surface area contributed by atoms with Crippen molar-refractivity contribution in [3.8, 4) is 0 Å². The van der Waals surface area contributed by atoms with Gasteiger partial charge in [0.25, 0.3) is 0 Å². The average molecular weight is 1640 g/mol. The van der Waals surface area contributed by atoms with Gasteiger partial charge >= 0.3 is 103 Å². The Bertz CT molecular complexity index is 3310. The number of halogens is 18. The summed E-state index contributed by atoms with van der Waals surface area (Å²) < 4.78 is 149. The van der Waals surface area contributed by atoms with Gasteiger partial charge in [0.1, 0.15) is 0 Å². The van der Waals surface area contributed by atoms with Gasteiger partial charge in [0, 0.05) is 44.2 Å². The first kappa shape index (κ1) is 75.7. The van der Waals surface area contributed by atoms with Crippen LogP contribution in [-0.4, -0.2) is 66.2 Å². The molecule has 464 valence electrons. The normalized spacial score (nSPS) is 14.2. The minimum absolute atomic E-state index is 0. The van der Waals surface area contributed by atoms with Crippen molar-refractivity contribution in [1.29, 1.82) is 0 Å². The van der Waals surface area contributed by atoms with E-state index >= 15 is 0 Å². The Hall–Kier alpha value is -4.60. The fraction of sp³-hybridized carbons (Fsp3) is 0.0333. The molecule has 0 spiro atoms. The van der Waals surface area contributed by atoms with E-state index in [0.29, 0.717) is 5.25 Å². The van der Waals surface area contributed by atoms with E-state index in [1.807, 2.05) is 23.5 Å². The largest absolute Gasteiger partial charge is 0.167 e. The molecular weight excluding hydrogens is 1590 g/mol. The van der Waals surface area contributed by atoms with Crippen molar-refractivity contribution in [2.45, 2.75) is 70.4 Å². The average Bonchev–Trinajstić information content (AvgIpc) is 3.55. The molecule has 1 aliphatic carbocycles. The molecule has 86 heavy (non-hydrogen) atoms. The second-order valence-corrected chi connectivity index (χ2v) is 37.5. The van der Waals surface area contributed by atoms with Crippen molar-refractivity contribution in [3.63, 3.8) is 0 Å². The molecule has 0 heterocycles. The van der Waals surface area contributed by atoms with E-state index in [4.69, 9.17) is 0 Å². The Labute approximate surface area is 517 Å². The fourth-order valence-corrected chi connectivity index (χ4v) is 16.4. The third kappa shape index (κ3) is 31.0. The number of hydrogen-bond acceptors (Lipinski definition) is 2. The van der Waals surface area contributed by atoms with Crippen molar-refractivity contribution in [2.24, 2.45) is 0 Å². The molecule has 10 rings (SSSR count). The number of benzene rings is 9. The van der Waals surface area contributed by atoms with Gasteiger partial charge in [-0.2, -0.15) is 0 Å².